The minimum atomic E-state index is 0.185. The molecule has 0 saturated carbocycles. The molecule has 104 valence electrons. The van der Waals surface area contributed by atoms with E-state index in [1.807, 2.05) is 37.3 Å². The van der Waals surface area contributed by atoms with E-state index in [4.69, 9.17) is 0 Å². The molecule has 0 aliphatic carbocycles. The van der Waals surface area contributed by atoms with E-state index < -0.39 is 0 Å². The number of aromatic nitrogens is 2. The normalized spacial score (nSPS) is 11.1. The number of para-hydroxylation sites is 3. The van der Waals surface area contributed by atoms with Gasteiger partial charge in [0.15, 0.2) is 5.82 Å². The number of rotatable bonds is 3. The first-order chi connectivity index (χ1) is 10.2. The smallest absolute Gasteiger partial charge is 0.168 e. The molecule has 1 aromatic heterocycles. The molecule has 0 saturated heterocycles. The van der Waals surface area contributed by atoms with Gasteiger partial charge in [-0.1, -0.05) is 24.3 Å². The molecule has 0 unspecified atom stereocenters. The zero-order valence-corrected chi connectivity index (χ0v) is 11.5. The predicted octanol–water partition coefficient (Wildman–Crippen LogP) is 3.09. The molecule has 0 aliphatic heterocycles. The van der Waals surface area contributed by atoms with Crippen molar-refractivity contribution in [1.29, 1.82) is 0 Å². The Balaban J connectivity index is 1.85. The fourth-order valence-electron chi connectivity index (χ4n) is 1.95. The molecule has 0 fully saturated rings. The average Bonchev–Trinajstić information content (AvgIpc) is 2.49. The van der Waals surface area contributed by atoms with E-state index in [1.54, 1.807) is 24.4 Å². The largest absolute Gasteiger partial charge is 0.507 e. The quantitative estimate of drug-likeness (QED) is 0.570. The molecule has 2 aromatic carbocycles. The van der Waals surface area contributed by atoms with E-state index in [0.717, 1.165) is 16.7 Å². The number of aryl methyl sites for hydroxylation is 1. The van der Waals surface area contributed by atoms with Gasteiger partial charge in [-0.25, -0.2) is 9.97 Å². The molecule has 0 aliphatic rings. The lowest BCUT2D eigenvalue weighted by atomic mass is 10.2. The highest BCUT2D eigenvalue weighted by Gasteiger charge is 2.03. The summed E-state index contributed by atoms with van der Waals surface area (Å²) in [7, 11) is 0. The molecule has 21 heavy (non-hydrogen) atoms. The fraction of sp³-hybridized carbons (Fsp3) is 0.0625. The number of phenolic OH excluding ortho intramolecular Hbond substituents is 1. The van der Waals surface area contributed by atoms with Crippen LogP contribution in [-0.2, 0) is 0 Å². The number of hydrazone groups is 1. The monoisotopic (exact) mass is 278 g/mol. The van der Waals surface area contributed by atoms with Gasteiger partial charge in [0.1, 0.15) is 5.75 Å². The molecular weight excluding hydrogens is 264 g/mol. The summed E-state index contributed by atoms with van der Waals surface area (Å²) in [6.45, 7) is 1.87. The van der Waals surface area contributed by atoms with Crippen LogP contribution in [-0.4, -0.2) is 21.3 Å². The second kappa shape index (κ2) is 5.58. The van der Waals surface area contributed by atoms with Crippen LogP contribution >= 0.6 is 0 Å². The van der Waals surface area contributed by atoms with Crippen LogP contribution in [0.2, 0.25) is 0 Å². The Labute approximate surface area is 122 Å². The van der Waals surface area contributed by atoms with Crippen molar-refractivity contribution < 1.29 is 5.11 Å². The van der Waals surface area contributed by atoms with Crippen LogP contribution in [0.1, 0.15) is 11.3 Å². The molecule has 0 spiro atoms. The Bertz CT molecular complexity index is 814. The van der Waals surface area contributed by atoms with E-state index in [-0.39, 0.29) is 5.75 Å². The minimum Gasteiger partial charge on any atom is -0.507 e. The number of aromatic hydroxyl groups is 1. The van der Waals surface area contributed by atoms with Crippen molar-refractivity contribution >= 4 is 23.1 Å². The third kappa shape index (κ3) is 2.81. The van der Waals surface area contributed by atoms with Crippen LogP contribution in [0.15, 0.2) is 53.6 Å². The zero-order chi connectivity index (χ0) is 14.7. The van der Waals surface area contributed by atoms with Crippen molar-refractivity contribution in [3.05, 3.63) is 59.8 Å². The Morgan fingerprint density at radius 1 is 1.00 bits per heavy atom. The number of hydrogen-bond acceptors (Lipinski definition) is 5. The molecule has 5 heteroatoms. The maximum Gasteiger partial charge on any atom is 0.168 e. The fourth-order valence-corrected chi connectivity index (χ4v) is 1.95. The Morgan fingerprint density at radius 3 is 2.43 bits per heavy atom. The number of hydrogen-bond donors (Lipinski definition) is 2. The third-order valence-corrected chi connectivity index (χ3v) is 3.06. The van der Waals surface area contributed by atoms with Crippen molar-refractivity contribution in [2.45, 2.75) is 6.92 Å². The van der Waals surface area contributed by atoms with Gasteiger partial charge >= 0.3 is 0 Å². The second-order valence-electron chi connectivity index (χ2n) is 4.58. The number of anilines is 1. The molecule has 2 N–H and O–H groups in total. The van der Waals surface area contributed by atoms with Crippen LogP contribution < -0.4 is 5.43 Å². The SMILES string of the molecule is Cc1nc2ccccc2nc1N/N=C\c1ccccc1O. The van der Waals surface area contributed by atoms with E-state index >= 15 is 0 Å². The molecule has 3 aromatic rings. The topological polar surface area (TPSA) is 70.4 Å². The number of nitrogens with zero attached hydrogens (tertiary/aromatic N) is 3. The first-order valence-electron chi connectivity index (χ1n) is 6.54. The minimum absolute atomic E-state index is 0.185. The molecule has 5 nitrogen and oxygen atoms in total. The molecule has 0 bridgehead atoms. The summed E-state index contributed by atoms with van der Waals surface area (Å²) in [5, 5.41) is 13.8. The van der Waals surface area contributed by atoms with Crippen molar-refractivity contribution in [2.24, 2.45) is 5.10 Å². The van der Waals surface area contributed by atoms with Crippen LogP contribution in [0, 0.1) is 6.92 Å². The number of phenols is 1. The van der Waals surface area contributed by atoms with Crippen LogP contribution in [0.25, 0.3) is 11.0 Å². The van der Waals surface area contributed by atoms with E-state index in [9.17, 15) is 5.11 Å². The lowest BCUT2D eigenvalue weighted by molar-refractivity contribution is 0.474. The Morgan fingerprint density at radius 2 is 1.67 bits per heavy atom. The molecular formula is C16H14N4O. The molecule has 0 radical (unpaired) electrons. The highest BCUT2D eigenvalue weighted by molar-refractivity contribution is 5.84. The summed E-state index contributed by atoms with van der Waals surface area (Å²) in [5.41, 5.74) is 5.93. The van der Waals surface area contributed by atoms with Crippen molar-refractivity contribution in [2.75, 3.05) is 5.43 Å². The van der Waals surface area contributed by atoms with Gasteiger partial charge in [-0.15, -0.1) is 0 Å². The highest BCUT2D eigenvalue weighted by atomic mass is 16.3. The first-order valence-corrected chi connectivity index (χ1v) is 6.54. The van der Waals surface area contributed by atoms with Gasteiger partial charge in [-0.3, -0.25) is 5.43 Å². The van der Waals surface area contributed by atoms with Gasteiger partial charge in [0.05, 0.1) is 22.9 Å². The van der Waals surface area contributed by atoms with Gasteiger partial charge in [0.2, 0.25) is 0 Å². The van der Waals surface area contributed by atoms with Gasteiger partial charge in [0, 0.05) is 5.56 Å². The van der Waals surface area contributed by atoms with Gasteiger partial charge in [-0.2, -0.15) is 5.10 Å². The first kappa shape index (κ1) is 13.1. The molecule has 1 heterocycles. The molecule has 0 atom stereocenters. The number of fused-ring (bicyclic) bond motifs is 1. The summed E-state index contributed by atoms with van der Waals surface area (Å²) < 4.78 is 0. The standard InChI is InChI=1S/C16H14N4O/c1-11-16(19-14-8-4-3-7-13(14)18-11)20-17-10-12-6-2-5-9-15(12)21/h2-10,21H,1H3,(H,19,20)/b17-10-. The Hall–Kier alpha value is -2.95. The van der Waals surface area contributed by atoms with E-state index in [0.29, 0.717) is 11.4 Å². The predicted molar refractivity (Wildman–Crippen MR) is 83.6 cm³/mol. The molecule has 0 amide bonds. The maximum absolute atomic E-state index is 9.66. The van der Waals surface area contributed by atoms with Crippen LogP contribution in [0.4, 0.5) is 5.82 Å². The van der Waals surface area contributed by atoms with E-state index in [1.165, 1.54) is 0 Å². The van der Waals surface area contributed by atoms with Crippen LogP contribution in [0.5, 0.6) is 5.75 Å². The lowest BCUT2D eigenvalue weighted by Gasteiger charge is -2.05. The van der Waals surface area contributed by atoms with Gasteiger partial charge in [-0.05, 0) is 31.2 Å². The summed E-state index contributed by atoms with van der Waals surface area (Å²) in [6, 6.07) is 14.7. The lowest BCUT2D eigenvalue weighted by Crippen LogP contribution is -1.99. The second-order valence-corrected chi connectivity index (χ2v) is 4.58. The third-order valence-electron chi connectivity index (χ3n) is 3.06. The van der Waals surface area contributed by atoms with E-state index in [2.05, 4.69) is 20.5 Å². The van der Waals surface area contributed by atoms with Gasteiger partial charge < -0.3 is 5.11 Å². The average molecular weight is 278 g/mol. The van der Waals surface area contributed by atoms with Crippen molar-refractivity contribution in [3.8, 4) is 5.75 Å². The zero-order valence-electron chi connectivity index (χ0n) is 11.5. The molecule has 3 rings (SSSR count). The summed E-state index contributed by atoms with van der Waals surface area (Å²) in [6.07, 6.45) is 1.55. The summed E-state index contributed by atoms with van der Waals surface area (Å²) >= 11 is 0. The van der Waals surface area contributed by atoms with Crippen molar-refractivity contribution in [3.63, 3.8) is 0 Å². The van der Waals surface area contributed by atoms with Crippen molar-refractivity contribution in [1.82, 2.24) is 9.97 Å². The van der Waals surface area contributed by atoms with Crippen LogP contribution in [0.3, 0.4) is 0 Å². The van der Waals surface area contributed by atoms with Gasteiger partial charge in [0.25, 0.3) is 0 Å². The number of benzene rings is 2. The summed E-state index contributed by atoms with van der Waals surface area (Å²) in [4.78, 5) is 8.95. The number of nitrogens with one attached hydrogen (secondary N) is 1. The summed E-state index contributed by atoms with van der Waals surface area (Å²) in [5.74, 6) is 0.782. The highest BCUT2D eigenvalue weighted by Crippen LogP contribution is 2.16. The maximum atomic E-state index is 9.66. The Kier molecular flexibility index (Phi) is 3.47.